The van der Waals surface area contributed by atoms with Gasteiger partial charge in [-0.05, 0) is 47.9 Å². The number of anilines is 2. The van der Waals surface area contributed by atoms with Crippen molar-refractivity contribution in [3.63, 3.8) is 0 Å². The van der Waals surface area contributed by atoms with Crippen LogP contribution in [0.1, 0.15) is 18.1 Å². The highest BCUT2D eigenvalue weighted by Gasteiger charge is 2.02. The van der Waals surface area contributed by atoms with E-state index in [-0.39, 0.29) is 0 Å². The molecule has 0 saturated carbocycles. The van der Waals surface area contributed by atoms with Gasteiger partial charge in [0.15, 0.2) is 0 Å². The molecule has 0 amide bonds. The Labute approximate surface area is 180 Å². The Balaban J connectivity index is 0.000000177. The number of hydrogen-bond acceptors (Lipinski definition) is 1. The highest BCUT2D eigenvalue weighted by atomic mass is 14.9. The van der Waals surface area contributed by atoms with Gasteiger partial charge in [-0.1, -0.05) is 115 Å². The fourth-order valence-electron chi connectivity index (χ4n) is 3.00. The van der Waals surface area contributed by atoms with E-state index in [4.69, 9.17) is 0 Å². The van der Waals surface area contributed by atoms with Crippen LogP contribution in [0.5, 0.6) is 0 Å². The third-order valence-corrected chi connectivity index (χ3v) is 4.46. The SMILES string of the molecule is CC=CC=C(c1ccccc1)c1ccccc1.c1ccc(Nc2ccccc2)cc1. The third kappa shape index (κ3) is 6.65. The van der Waals surface area contributed by atoms with Crippen molar-refractivity contribution in [1.29, 1.82) is 0 Å². The van der Waals surface area contributed by atoms with Crippen LogP contribution in [0.3, 0.4) is 0 Å². The van der Waals surface area contributed by atoms with Gasteiger partial charge >= 0.3 is 0 Å². The third-order valence-electron chi connectivity index (χ3n) is 4.46. The smallest absolute Gasteiger partial charge is 0.0384 e. The molecule has 0 spiro atoms. The van der Waals surface area contributed by atoms with E-state index in [0.717, 1.165) is 11.4 Å². The second-order valence-electron chi connectivity index (χ2n) is 6.70. The highest BCUT2D eigenvalue weighted by molar-refractivity contribution is 5.80. The number of benzene rings is 4. The van der Waals surface area contributed by atoms with Gasteiger partial charge in [0.1, 0.15) is 0 Å². The Bertz CT molecular complexity index is 956. The molecular formula is C29H27N. The molecule has 0 heterocycles. The molecule has 0 saturated heterocycles. The summed E-state index contributed by atoms with van der Waals surface area (Å²) in [5, 5.41) is 3.30. The van der Waals surface area contributed by atoms with Gasteiger partial charge in [0, 0.05) is 11.4 Å². The lowest BCUT2D eigenvalue weighted by Crippen LogP contribution is -1.87. The predicted octanol–water partition coefficient (Wildman–Crippen LogP) is 8.12. The van der Waals surface area contributed by atoms with Gasteiger partial charge in [0.05, 0.1) is 0 Å². The summed E-state index contributed by atoms with van der Waals surface area (Å²) < 4.78 is 0. The number of para-hydroxylation sites is 2. The van der Waals surface area contributed by atoms with Gasteiger partial charge in [-0.2, -0.15) is 0 Å². The van der Waals surface area contributed by atoms with Crippen molar-refractivity contribution >= 4 is 16.9 Å². The number of hydrogen-bond donors (Lipinski definition) is 1. The van der Waals surface area contributed by atoms with E-state index in [9.17, 15) is 0 Å². The lowest BCUT2D eigenvalue weighted by Gasteiger charge is -2.07. The topological polar surface area (TPSA) is 12.0 Å². The molecule has 0 atom stereocenters. The van der Waals surface area contributed by atoms with Crippen LogP contribution in [-0.2, 0) is 0 Å². The first-order valence-electron chi connectivity index (χ1n) is 10.2. The molecule has 0 aliphatic rings. The number of nitrogens with one attached hydrogen (secondary N) is 1. The summed E-state index contributed by atoms with van der Waals surface area (Å²) >= 11 is 0. The fourth-order valence-corrected chi connectivity index (χ4v) is 3.00. The minimum absolute atomic E-state index is 1.12. The van der Waals surface area contributed by atoms with Crippen LogP contribution in [0.25, 0.3) is 5.57 Å². The zero-order valence-corrected chi connectivity index (χ0v) is 17.3. The number of rotatable bonds is 5. The maximum Gasteiger partial charge on any atom is 0.0384 e. The van der Waals surface area contributed by atoms with Crippen molar-refractivity contribution in [3.05, 3.63) is 151 Å². The molecule has 0 radical (unpaired) electrons. The Morgan fingerprint density at radius 2 is 0.900 bits per heavy atom. The van der Waals surface area contributed by atoms with Crippen molar-refractivity contribution in [3.8, 4) is 0 Å². The molecule has 0 aromatic heterocycles. The monoisotopic (exact) mass is 389 g/mol. The molecule has 30 heavy (non-hydrogen) atoms. The molecule has 0 aliphatic carbocycles. The van der Waals surface area contributed by atoms with E-state index in [0.29, 0.717) is 0 Å². The minimum Gasteiger partial charge on any atom is -0.356 e. The van der Waals surface area contributed by atoms with E-state index in [2.05, 4.69) is 66.0 Å². The first-order valence-corrected chi connectivity index (χ1v) is 10.2. The molecule has 0 aliphatic heterocycles. The number of allylic oxidation sites excluding steroid dienone is 3. The standard InChI is InChI=1S/C17H16.C12H11N/c1-2-3-14-17(15-10-6-4-7-11-15)16-12-8-5-9-13-16;1-3-7-11(8-4-1)13-12-9-5-2-6-10-12/h2-14H,1H3;1-10,13H. The molecule has 4 rings (SSSR count). The van der Waals surface area contributed by atoms with Gasteiger partial charge in [-0.3, -0.25) is 0 Å². The van der Waals surface area contributed by atoms with Crippen molar-refractivity contribution in [2.45, 2.75) is 6.92 Å². The zero-order valence-electron chi connectivity index (χ0n) is 17.3. The van der Waals surface area contributed by atoms with Gasteiger partial charge in [0.2, 0.25) is 0 Å². The van der Waals surface area contributed by atoms with Gasteiger partial charge in [0.25, 0.3) is 0 Å². The summed E-state index contributed by atoms with van der Waals surface area (Å²) in [5.74, 6) is 0. The summed E-state index contributed by atoms with van der Waals surface area (Å²) in [5.41, 5.74) is 5.99. The quantitative estimate of drug-likeness (QED) is 0.340. The minimum atomic E-state index is 1.12. The summed E-state index contributed by atoms with van der Waals surface area (Å²) in [6, 6.07) is 41.2. The maximum absolute atomic E-state index is 3.30. The summed E-state index contributed by atoms with van der Waals surface area (Å²) in [4.78, 5) is 0. The zero-order chi connectivity index (χ0) is 20.9. The van der Waals surface area contributed by atoms with Crippen LogP contribution in [0.4, 0.5) is 11.4 Å². The molecule has 1 nitrogen and oxygen atoms in total. The van der Waals surface area contributed by atoms with Crippen LogP contribution >= 0.6 is 0 Å². The van der Waals surface area contributed by atoms with Gasteiger partial charge in [-0.15, -0.1) is 0 Å². The molecule has 4 aromatic rings. The van der Waals surface area contributed by atoms with Crippen LogP contribution < -0.4 is 5.32 Å². The van der Waals surface area contributed by atoms with Crippen LogP contribution in [0, 0.1) is 0 Å². The van der Waals surface area contributed by atoms with Crippen molar-refractivity contribution in [2.24, 2.45) is 0 Å². The van der Waals surface area contributed by atoms with Crippen LogP contribution in [0.15, 0.2) is 140 Å². The van der Waals surface area contributed by atoms with E-state index >= 15 is 0 Å². The summed E-state index contributed by atoms with van der Waals surface area (Å²) in [7, 11) is 0. The lowest BCUT2D eigenvalue weighted by molar-refractivity contribution is 1.54. The summed E-state index contributed by atoms with van der Waals surface area (Å²) in [6.45, 7) is 2.03. The first kappa shape index (κ1) is 20.9. The highest BCUT2D eigenvalue weighted by Crippen LogP contribution is 2.23. The average molecular weight is 390 g/mol. The Kier molecular flexibility index (Phi) is 8.27. The molecular weight excluding hydrogens is 362 g/mol. The Morgan fingerprint density at radius 3 is 1.27 bits per heavy atom. The normalized spacial score (nSPS) is 10.0. The average Bonchev–Trinajstić information content (AvgIpc) is 2.83. The second kappa shape index (κ2) is 11.9. The first-order chi connectivity index (χ1) is 14.9. The van der Waals surface area contributed by atoms with E-state index in [1.807, 2.05) is 85.8 Å². The van der Waals surface area contributed by atoms with Gasteiger partial charge < -0.3 is 5.32 Å². The molecule has 0 fully saturated rings. The molecule has 1 heteroatoms. The molecule has 1 N–H and O–H groups in total. The maximum atomic E-state index is 3.30. The van der Waals surface area contributed by atoms with E-state index < -0.39 is 0 Å². The molecule has 148 valence electrons. The van der Waals surface area contributed by atoms with Crippen molar-refractivity contribution in [2.75, 3.05) is 5.32 Å². The van der Waals surface area contributed by atoms with E-state index in [1.165, 1.54) is 16.7 Å². The van der Waals surface area contributed by atoms with Gasteiger partial charge in [-0.25, -0.2) is 0 Å². The van der Waals surface area contributed by atoms with Crippen molar-refractivity contribution in [1.82, 2.24) is 0 Å². The van der Waals surface area contributed by atoms with Crippen LogP contribution in [-0.4, -0.2) is 0 Å². The molecule has 4 aromatic carbocycles. The predicted molar refractivity (Wildman–Crippen MR) is 131 cm³/mol. The molecule has 0 bridgehead atoms. The van der Waals surface area contributed by atoms with Crippen LogP contribution in [0.2, 0.25) is 0 Å². The lowest BCUT2D eigenvalue weighted by atomic mass is 9.97. The van der Waals surface area contributed by atoms with Crippen molar-refractivity contribution < 1.29 is 0 Å². The molecule has 0 unspecified atom stereocenters. The second-order valence-corrected chi connectivity index (χ2v) is 6.70. The largest absolute Gasteiger partial charge is 0.356 e. The Hall–Kier alpha value is -3.84. The Morgan fingerprint density at radius 1 is 0.533 bits per heavy atom. The summed E-state index contributed by atoms with van der Waals surface area (Å²) in [6.07, 6.45) is 6.28. The van der Waals surface area contributed by atoms with E-state index in [1.54, 1.807) is 0 Å². The fraction of sp³-hybridized carbons (Fsp3) is 0.0345.